The van der Waals surface area contributed by atoms with Gasteiger partial charge in [-0.3, -0.25) is 9.69 Å². The summed E-state index contributed by atoms with van der Waals surface area (Å²) in [5.74, 6) is -0.335. The molecule has 1 fully saturated rings. The highest BCUT2D eigenvalue weighted by Crippen LogP contribution is 2.33. The molecule has 4 rings (SSSR count). The number of alkyl halides is 3. The van der Waals surface area contributed by atoms with Crippen molar-refractivity contribution in [2.45, 2.75) is 31.5 Å². The highest BCUT2D eigenvalue weighted by atomic mass is 19.4. The second kappa shape index (κ2) is 9.50. The summed E-state index contributed by atoms with van der Waals surface area (Å²) < 4.78 is 45.0. The summed E-state index contributed by atoms with van der Waals surface area (Å²) in [6.45, 7) is 4.51. The number of benzene rings is 2. The van der Waals surface area contributed by atoms with Gasteiger partial charge >= 0.3 is 6.18 Å². The number of ether oxygens (including phenoxy) is 1. The number of halogens is 3. The average Bonchev–Trinajstić information content (AvgIpc) is 2.77. The van der Waals surface area contributed by atoms with Gasteiger partial charge in [0.2, 0.25) is 5.91 Å². The van der Waals surface area contributed by atoms with Crippen LogP contribution >= 0.6 is 0 Å². The molecule has 0 bridgehead atoms. The molecule has 0 aliphatic carbocycles. The number of anilines is 1. The van der Waals surface area contributed by atoms with Gasteiger partial charge in [-0.2, -0.15) is 13.2 Å². The van der Waals surface area contributed by atoms with Gasteiger partial charge in [0.05, 0.1) is 24.7 Å². The quantitative estimate of drug-likeness (QED) is 0.736. The topological polar surface area (TPSA) is 58.8 Å². The van der Waals surface area contributed by atoms with Gasteiger partial charge in [0.15, 0.2) is 0 Å². The Labute approximate surface area is 185 Å². The maximum atomic E-state index is 13.0. The van der Waals surface area contributed by atoms with Crippen LogP contribution in [0.1, 0.15) is 34.8 Å². The minimum Gasteiger partial charge on any atom is -0.373 e. The molecule has 2 aliphatic rings. The smallest absolute Gasteiger partial charge is 0.373 e. The normalized spacial score (nSPS) is 19.6. The summed E-state index contributed by atoms with van der Waals surface area (Å²) in [6.07, 6.45) is -2.38. The van der Waals surface area contributed by atoms with Crippen molar-refractivity contribution in [2.75, 3.05) is 44.2 Å². The molecule has 2 N–H and O–H groups in total. The van der Waals surface area contributed by atoms with E-state index in [1.54, 1.807) is 6.07 Å². The van der Waals surface area contributed by atoms with Crippen molar-refractivity contribution in [1.29, 1.82) is 0 Å². The van der Waals surface area contributed by atoms with Crippen LogP contribution in [0.4, 0.5) is 18.9 Å². The SMILES string of the molecule is NC(=O)Cc1ccc2c(c1)CCOC2CCN1CCN(c2cccc(C(F)(F)F)c2)CC1. The van der Waals surface area contributed by atoms with Crippen LogP contribution < -0.4 is 10.6 Å². The number of hydrogen-bond donors (Lipinski definition) is 1. The second-order valence-corrected chi connectivity index (χ2v) is 8.45. The molecule has 172 valence electrons. The molecule has 0 radical (unpaired) electrons. The lowest BCUT2D eigenvalue weighted by atomic mass is 9.93. The molecule has 2 heterocycles. The zero-order valence-electron chi connectivity index (χ0n) is 17.9. The predicted molar refractivity (Wildman–Crippen MR) is 116 cm³/mol. The Morgan fingerprint density at radius 3 is 2.59 bits per heavy atom. The molecule has 5 nitrogen and oxygen atoms in total. The highest BCUT2D eigenvalue weighted by molar-refractivity contribution is 5.76. The van der Waals surface area contributed by atoms with Crippen LogP contribution in [-0.4, -0.2) is 50.1 Å². The van der Waals surface area contributed by atoms with Crippen LogP contribution in [0.5, 0.6) is 0 Å². The van der Waals surface area contributed by atoms with Crippen LogP contribution in [-0.2, 0) is 28.5 Å². The third-order valence-electron chi connectivity index (χ3n) is 6.24. The maximum absolute atomic E-state index is 13.0. The van der Waals surface area contributed by atoms with Gasteiger partial charge in [0.25, 0.3) is 0 Å². The number of carbonyl (C=O) groups excluding carboxylic acids is 1. The lowest BCUT2D eigenvalue weighted by molar-refractivity contribution is -0.137. The first-order chi connectivity index (χ1) is 15.3. The monoisotopic (exact) mass is 447 g/mol. The first kappa shape index (κ1) is 22.6. The van der Waals surface area contributed by atoms with Gasteiger partial charge in [-0.1, -0.05) is 24.3 Å². The van der Waals surface area contributed by atoms with E-state index in [2.05, 4.69) is 11.0 Å². The Hall–Kier alpha value is -2.58. The summed E-state index contributed by atoms with van der Waals surface area (Å²) in [6, 6.07) is 11.6. The Morgan fingerprint density at radius 1 is 1.09 bits per heavy atom. The lowest BCUT2D eigenvalue weighted by Crippen LogP contribution is -2.47. The van der Waals surface area contributed by atoms with Crippen LogP contribution in [0.3, 0.4) is 0 Å². The third kappa shape index (κ3) is 5.42. The van der Waals surface area contributed by atoms with E-state index in [1.807, 2.05) is 17.0 Å². The fourth-order valence-corrected chi connectivity index (χ4v) is 4.55. The number of nitrogens with zero attached hydrogens (tertiary/aromatic N) is 2. The van der Waals surface area contributed by atoms with Gasteiger partial charge in [-0.15, -0.1) is 0 Å². The number of hydrogen-bond acceptors (Lipinski definition) is 4. The predicted octanol–water partition coefficient (Wildman–Crippen LogP) is 3.56. The van der Waals surface area contributed by atoms with Crippen LogP contribution in [0.2, 0.25) is 0 Å². The molecule has 0 aromatic heterocycles. The number of fused-ring (bicyclic) bond motifs is 1. The van der Waals surface area contributed by atoms with E-state index in [4.69, 9.17) is 10.5 Å². The molecule has 2 aromatic carbocycles. The summed E-state index contributed by atoms with van der Waals surface area (Å²) in [5.41, 5.74) is 8.65. The minimum atomic E-state index is -4.32. The summed E-state index contributed by atoms with van der Waals surface area (Å²) in [4.78, 5) is 15.5. The molecule has 32 heavy (non-hydrogen) atoms. The van der Waals surface area contributed by atoms with Gasteiger partial charge in [0.1, 0.15) is 0 Å². The molecule has 0 saturated carbocycles. The first-order valence-electron chi connectivity index (χ1n) is 11.0. The molecule has 2 aromatic rings. The van der Waals surface area contributed by atoms with Crippen molar-refractivity contribution in [2.24, 2.45) is 5.73 Å². The lowest BCUT2D eigenvalue weighted by Gasteiger charge is -2.37. The Balaban J connectivity index is 1.31. The van der Waals surface area contributed by atoms with E-state index in [1.165, 1.54) is 23.3 Å². The van der Waals surface area contributed by atoms with E-state index in [0.717, 1.165) is 44.1 Å². The molecule has 1 unspecified atom stereocenters. The standard InChI is InChI=1S/C24H28F3N3O2/c25-24(26,27)19-2-1-3-20(16-19)30-11-9-29(10-12-30)8-6-22-21-5-4-17(15-23(28)31)14-18(21)7-13-32-22/h1-5,14,16,22H,6-13,15H2,(H2,28,31). The van der Waals surface area contributed by atoms with Gasteiger partial charge < -0.3 is 15.4 Å². The number of piperazine rings is 1. The van der Waals surface area contributed by atoms with Crippen molar-refractivity contribution in [3.63, 3.8) is 0 Å². The molecule has 1 atom stereocenters. The molecule has 2 aliphatic heterocycles. The Kier molecular flexibility index (Phi) is 6.71. The average molecular weight is 448 g/mol. The van der Waals surface area contributed by atoms with Gasteiger partial charge in [-0.05, 0) is 47.7 Å². The summed E-state index contributed by atoms with van der Waals surface area (Å²) in [7, 11) is 0. The summed E-state index contributed by atoms with van der Waals surface area (Å²) >= 11 is 0. The molecule has 8 heteroatoms. The molecular weight excluding hydrogens is 419 g/mol. The van der Waals surface area contributed by atoms with Crippen molar-refractivity contribution < 1.29 is 22.7 Å². The number of carbonyl (C=O) groups is 1. The van der Waals surface area contributed by atoms with Gasteiger partial charge in [0, 0.05) is 38.4 Å². The first-order valence-corrected chi connectivity index (χ1v) is 11.0. The Morgan fingerprint density at radius 2 is 1.88 bits per heavy atom. The number of rotatable bonds is 6. The fourth-order valence-electron chi connectivity index (χ4n) is 4.55. The number of primary amides is 1. The minimum absolute atomic E-state index is 0.0166. The molecule has 0 spiro atoms. The van der Waals surface area contributed by atoms with Crippen molar-refractivity contribution in [3.8, 4) is 0 Å². The van der Waals surface area contributed by atoms with Gasteiger partial charge in [-0.25, -0.2) is 0 Å². The number of nitrogens with two attached hydrogens (primary N) is 1. The second-order valence-electron chi connectivity index (χ2n) is 8.45. The van der Waals surface area contributed by atoms with Crippen LogP contribution in [0.15, 0.2) is 42.5 Å². The molecular formula is C24H28F3N3O2. The molecule has 1 amide bonds. The Bertz CT molecular complexity index is 956. The van der Waals surface area contributed by atoms with E-state index in [0.29, 0.717) is 25.4 Å². The van der Waals surface area contributed by atoms with E-state index < -0.39 is 11.7 Å². The van der Waals surface area contributed by atoms with Crippen molar-refractivity contribution in [3.05, 3.63) is 64.7 Å². The molecule has 1 saturated heterocycles. The van der Waals surface area contributed by atoms with E-state index in [9.17, 15) is 18.0 Å². The highest BCUT2D eigenvalue weighted by Gasteiger charge is 2.31. The summed E-state index contributed by atoms with van der Waals surface area (Å²) in [5, 5.41) is 0. The third-order valence-corrected chi connectivity index (χ3v) is 6.24. The zero-order valence-corrected chi connectivity index (χ0v) is 17.9. The zero-order chi connectivity index (χ0) is 22.7. The number of amides is 1. The van der Waals surface area contributed by atoms with Crippen LogP contribution in [0.25, 0.3) is 0 Å². The van der Waals surface area contributed by atoms with Crippen LogP contribution in [0, 0.1) is 0 Å². The maximum Gasteiger partial charge on any atom is 0.416 e. The fraction of sp³-hybridized carbons (Fsp3) is 0.458. The van der Waals surface area contributed by atoms with Crippen molar-refractivity contribution >= 4 is 11.6 Å². The largest absolute Gasteiger partial charge is 0.416 e. The van der Waals surface area contributed by atoms with Crippen molar-refractivity contribution in [1.82, 2.24) is 4.90 Å². The van der Waals surface area contributed by atoms with E-state index in [-0.39, 0.29) is 18.4 Å². The van der Waals surface area contributed by atoms with E-state index >= 15 is 0 Å².